The summed E-state index contributed by atoms with van der Waals surface area (Å²) in [6, 6.07) is 16.7. The van der Waals surface area contributed by atoms with Crippen LogP contribution in [0.1, 0.15) is 47.6 Å². The molecule has 1 fully saturated rings. The van der Waals surface area contributed by atoms with E-state index < -0.39 is 0 Å². The molecule has 27 heavy (non-hydrogen) atoms. The highest BCUT2D eigenvalue weighted by atomic mass is 16.7. The summed E-state index contributed by atoms with van der Waals surface area (Å²) in [5, 5.41) is 0. The van der Waals surface area contributed by atoms with E-state index in [2.05, 4.69) is 49.4 Å². The van der Waals surface area contributed by atoms with Crippen LogP contribution in [-0.4, -0.2) is 25.1 Å². The van der Waals surface area contributed by atoms with E-state index in [1.54, 1.807) is 0 Å². The highest BCUT2D eigenvalue weighted by Gasteiger charge is 2.34. The van der Waals surface area contributed by atoms with E-state index in [9.17, 15) is 0 Å². The number of hydrogen-bond donors (Lipinski definition) is 1. The quantitative estimate of drug-likeness (QED) is 0.837. The van der Waals surface area contributed by atoms with Gasteiger partial charge in [-0.1, -0.05) is 54.1 Å². The summed E-state index contributed by atoms with van der Waals surface area (Å²) in [5.41, 5.74) is 11.4. The standard InChI is InChI=1S/C23H29NO3/c1-16-9-11-17(12-10-16)14-25-15-19-6-4-8-22(26-19)27-21-13-18-5-2-3-7-20(18)23(21)24/h2-3,5,7,9-12,19,21-23H,4,6,8,13-15,24H2,1H3. The van der Waals surface area contributed by atoms with Gasteiger partial charge in [-0.2, -0.15) is 0 Å². The van der Waals surface area contributed by atoms with Gasteiger partial charge in [0, 0.05) is 6.42 Å². The maximum absolute atomic E-state index is 6.39. The van der Waals surface area contributed by atoms with Gasteiger partial charge in [0.25, 0.3) is 0 Å². The topological polar surface area (TPSA) is 53.7 Å². The smallest absolute Gasteiger partial charge is 0.158 e. The number of aryl methyl sites for hydroxylation is 1. The largest absolute Gasteiger partial charge is 0.374 e. The maximum atomic E-state index is 6.39. The third-order valence-electron chi connectivity index (χ3n) is 5.57. The second kappa shape index (κ2) is 8.53. The van der Waals surface area contributed by atoms with Gasteiger partial charge >= 0.3 is 0 Å². The molecular formula is C23H29NO3. The number of fused-ring (bicyclic) bond motifs is 1. The zero-order valence-corrected chi connectivity index (χ0v) is 16.0. The minimum atomic E-state index is -0.183. The summed E-state index contributed by atoms with van der Waals surface area (Å²) >= 11 is 0. The van der Waals surface area contributed by atoms with E-state index in [0.29, 0.717) is 13.2 Å². The van der Waals surface area contributed by atoms with E-state index in [1.807, 2.05) is 6.07 Å². The van der Waals surface area contributed by atoms with Crippen molar-refractivity contribution in [1.29, 1.82) is 0 Å². The number of rotatable bonds is 6. The predicted octanol–water partition coefficient (Wildman–Crippen LogP) is 4.05. The lowest BCUT2D eigenvalue weighted by molar-refractivity contribution is -0.225. The summed E-state index contributed by atoms with van der Waals surface area (Å²) in [6.45, 7) is 3.31. The Bertz CT molecular complexity index is 746. The molecule has 2 aliphatic rings. The van der Waals surface area contributed by atoms with Crippen LogP contribution in [0.2, 0.25) is 0 Å². The SMILES string of the molecule is Cc1ccc(COCC2CCCC(OC3Cc4ccccc4C3N)O2)cc1. The lowest BCUT2D eigenvalue weighted by Crippen LogP contribution is -2.37. The van der Waals surface area contributed by atoms with E-state index in [0.717, 1.165) is 25.7 Å². The molecule has 2 N–H and O–H groups in total. The summed E-state index contributed by atoms with van der Waals surface area (Å²) in [6.07, 6.45) is 3.81. The minimum Gasteiger partial charge on any atom is -0.374 e. The Hall–Kier alpha value is -1.72. The molecule has 4 nitrogen and oxygen atoms in total. The van der Waals surface area contributed by atoms with Crippen molar-refractivity contribution in [3.05, 3.63) is 70.8 Å². The van der Waals surface area contributed by atoms with Crippen LogP contribution in [0.4, 0.5) is 0 Å². The third-order valence-corrected chi connectivity index (χ3v) is 5.57. The zero-order chi connectivity index (χ0) is 18.6. The van der Waals surface area contributed by atoms with Crippen LogP contribution in [0.3, 0.4) is 0 Å². The molecule has 4 heteroatoms. The highest BCUT2D eigenvalue weighted by molar-refractivity contribution is 5.36. The molecule has 1 heterocycles. The first-order chi connectivity index (χ1) is 13.2. The molecule has 1 saturated heterocycles. The van der Waals surface area contributed by atoms with E-state index in [4.69, 9.17) is 19.9 Å². The molecule has 2 aromatic rings. The monoisotopic (exact) mass is 367 g/mol. The van der Waals surface area contributed by atoms with E-state index >= 15 is 0 Å². The molecule has 1 aliphatic carbocycles. The molecule has 0 amide bonds. The fourth-order valence-corrected chi connectivity index (χ4v) is 4.00. The van der Waals surface area contributed by atoms with Gasteiger partial charge in [0.05, 0.1) is 31.5 Å². The minimum absolute atomic E-state index is 0.000346. The van der Waals surface area contributed by atoms with Gasteiger partial charge < -0.3 is 19.9 Å². The molecule has 4 unspecified atom stereocenters. The van der Waals surface area contributed by atoms with E-state index in [-0.39, 0.29) is 24.5 Å². The second-order valence-corrected chi connectivity index (χ2v) is 7.72. The Morgan fingerprint density at radius 2 is 1.89 bits per heavy atom. The Morgan fingerprint density at radius 3 is 2.70 bits per heavy atom. The second-order valence-electron chi connectivity index (χ2n) is 7.72. The molecule has 144 valence electrons. The van der Waals surface area contributed by atoms with Crippen LogP contribution in [-0.2, 0) is 27.2 Å². The zero-order valence-electron chi connectivity index (χ0n) is 16.0. The van der Waals surface area contributed by atoms with Gasteiger partial charge in [0.1, 0.15) is 0 Å². The molecule has 0 aromatic heterocycles. The Kier molecular flexibility index (Phi) is 5.89. The molecule has 0 saturated carbocycles. The molecule has 4 rings (SSSR count). The van der Waals surface area contributed by atoms with Gasteiger partial charge in [-0.05, 0) is 42.9 Å². The normalized spacial score (nSPS) is 27.5. The van der Waals surface area contributed by atoms with Crippen LogP contribution in [0.5, 0.6) is 0 Å². The first kappa shape index (κ1) is 18.6. The van der Waals surface area contributed by atoms with E-state index in [1.165, 1.54) is 22.3 Å². The van der Waals surface area contributed by atoms with Crippen LogP contribution in [0, 0.1) is 6.92 Å². The first-order valence-electron chi connectivity index (χ1n) is 9.96. The number of nitrogens with two attached hydrogens (primary N) is 1. The lowest BCUT2D eigenvalue weighted by atomic mass is 10.1. The average Bonchev–Trinajstić information content (AvgIpc) is 3.00. The maximum Gasteiger partial charge on any atom is 0.158 e. The van der Waals surface area contributed by atoms with Crippen LogP contribution < -0.4 is 5.73 Å². The fraction of sp³-hybridized carbons (Fsp3) is 0.478. The van der Waals surface area contributed by atoms with Crippen molar-refractivity contribution in [1.82, 2.24) is 0 Å². The summed E-state index contributed by atoms with van der Waals surface area (Å²) < 4.78 is 18.3. The van der Waals surface area contributed by atoms with Crippen molar-refractivity contribution in [2.75, 3.05) is 6.61 Å². The number of benzene rings is 2. The van der Waals surface area contributed by atoms with Crippen LogP contribution in [0.25, 0.3) is 0 Å². The van der Waals surface area contributed by atoms with Crippen LogP contribution >= 0.6 is 0 Å². The van der Waals surface area contributed by atoms with Crippen molar-refractivity contribution in [2.24, 2.45) is 5.73 Å². The van der Waals surface area contributed by atoms with Gasteiger partial charge in [-0.25, -0.2) is 0 Å². The predicted molar refractivity (Wildman–Crippen MR) is 105 cm³/mol. The van der Waals surface area contributed by atoms with Gasteiger partial charge in [-0.3, -0.25) is 0 Å². The first-order valence-corrected chi connectivity index (χ1v) is 9.96. The fourth-order valence-electron chi connectivity index (χ4n) is 4.00. The summed E-state index contributed by atoms with van der Waals surface area (Å²) in [7, 11) is 0. The van der Waals surface area contributed by atoms with Crippen molar-refractivity contribution < 1.29 is 14.2 Å². The molecule has 1 aliphatic heterocycles. The summed E-state index contributed by atoms with van der Waals surface area (Å²) in [4.78, 5) is 0. The molecule has 2 aromatic carbocycles. The number of ether oxygens (including phenoxy) is 3. The molecule has 0 spiro atoms. The molecule has 0 bridgehead atoms. The van der Waals surface area contributed by atoms with Gasteiger partial charge in [-0.15, -0.1) is 0 Å². The van der Waals surface area contributed by atoms with Crippen molar-refractivity contribution in [3.8, 4) is 0 Å². The molecule has 0 radical (unpaired) electrons. The number of hydrogen-bond acceptors (Lipinski definition) is 4. The summed E-state index contributed by atoms with van der Waals surface area (Å²) in [5.74, 6) is 0. The van der Waals surface area contributed by atoms with Gasteiger partial charge in [0.15, 0.2) is 6.29 Å². The van der Waals surface area contributed by atoms with Crippen LogP contribution in [0.15, 0.2) is 48.5 Å². The molecule has 4 atom stereocenters. The Balaban J connectivity index is 1.24. The molecular weight excluding hydrogens is 338 g/mol. The average molecular weight is 367 g/mol. The third kappa shape index (κ3) is 4.58. The Morgan fingerprint density at radius 1 is 1.07 bits per heavy atom. The van der Waals surface area contributed by atoms with Crippen molar-refractivity contribution >= 4 is 0 Å². The van der Waals surface area contributed by atoms with Crippen molar-refractivity contribution in [2.45, 2.75) is 63.8 Å². The highest BCUT2D eigenvalue weighted by Crippen LogP contribution is 2.33. The van der Waals surface area contributed by atoms with Crippen molar-refractivity contribution in [3.63, 3.8) is 0 Å². The van der Waals surface area contributed by atoms with Gasteiger partial charge in [0.2, 0.25) is 0 Å². The Labute approximate surface area is 161 Å². The lowest BCUT2D eigenvalue weighted by Gasteiger charge is -2.32.